The van der Waals surface area contributed by atoms with E-state index in [1.54, 1.807) is 12.1 Å². The predicted molar refractivity (Wildman–Crippen MR) is 79.1 cm³/mol. The molecule has 1 aromatic carbocycles. The number of hydrogen-bond donors (Lipinski definition) is 0. The molecule has 7 heteroatoms. The zero-order chi connectivity index (χ0) is 16.2. The number of aryl methyl sites for hydroxylation is 1. The van der Waals surface area contributed by atoms with E-state index in [0.717, 1.165) is 12.0 Å². The highest BCUT2D eigenvalue weighted by Crippen LogP contribution is 2.54. The average molecular weight is 338 g/mol. The molecule has 3 aliphatic rings. The molecule has 0 radical (unpaired) electrons. The first kappa shape index (κ1) is 15.1. The Balaban J connectivity index is 1.54. The lowest BCUT2D eigenvalue weighted by molar-refractivity contribution is -0.149. The first-order valence-corrected chi connectivity index (χ1v) is 9.13. The van der Waals surface area contributed by atoms with Crippen LogP contribution in [-0.2, 0) is 28.6 Å². The van der Waals surface area contributed by atoms with E-state index in [2.05, 4.69) is 0 Å². The van der Waals surface area contributed by atoms with Crippen molar-refractivity contribution in [3.63, 3.8) is 0 Å². The fourth-order valence-electron chi connectivity index (χ4n) is 3.95. The topological polar surface area (TPSA) is 78.9 Å². The maximum absolute atomic E-state index is 12.4. The molecular weight excluding hydrogens is 320 g/mol. The van der Waals surface area contributed by atoms with Crippen LogP contribution < -0.4 is 0 Å². The van der Waals surface area contributed by atoms with Crippen LogP contribution in [-0.4, -0.2) is 39.3 Å². The summed E-state index contributed by atoms with van der Waals surface area (Å²) in [5.74, 6) is -0.676. The average Bonchev–Trinajstić information content (AvgIpc) is 3.19. The summed E-state index contributed by atoms with van der Waals surface area (Å²) >= 11 is 0. The molecule has 3 fully saturated rings. The van der Waals surface area contributed by atoms with E-state index in [1.807, 2.05) is 6.92 Å². The van der Waals surface area contributed by atoms with Crippen molar-refractivity contribution in [2.75, 3.05) is 13.2 Å². The molecule has 4 rings (SSSR count). The van der Waals surface area contributed by atoms with E-state index in [-0.39, 0.29) is 29.5 Å². The molecule has 0 aromatic heterocycles. The van der Waals surface area contributed by atoms with E-state index in [4.69, 9.17) is 13.7 Å². The van der Waals surface area contributed by atoms with Gasteiger partial charge in [-0.25, -0.2) is 0 Å². The third kappa shape index (κ3) is 2.29. The van der Waals surface area contributed by atoms with Gasteiger partial charge in [-0.3, -0.25) is 8.98 Å². The van der Waals surface area contributed by atoms with Crippen LogP contribution >= 0.6 is 0 Å². The van der Waals surface area contributed by atoms with Crippen LogP contribution in [0.4, 0.5) is 0 Å². The van der Waals surface area contributed by atoms with Crippen molar-refractivity contribution in [3.05, 3.63) is 29.8 Å². The molecule has 3 aliphatic heterocycles. The van der Waals surface area contributed by atoms with Crippen molar-refractivity contribution in [3.8, 4) is 0 Å². The van der Waals surface area contributed by atoms with Gasteiger partial charge in [0.1, 0.15) is 5.60 Å². The molecule has 0 N–H and O–H groups in total. The molecule has 0 spiro atoms. The van der Waals surface area contributed by atoms with Crippen molar-refractivity contribution in [1.29, 1.82) is 0 Å². The summed E-state index contributed by atoms with van der Waals surface area (Å²) in [6.45, 7) is 2.10. The third-order valence-corrected chi connectivity index (χ3v) is 6.43. The molecule has 0 saturated carbocycles. The van der Waals surface area contributed by atoms with E-state index in [1.165, 1.54) is 12.1 Å². The Hall–Kier alpha value is -1.44. The number of carbonyl (C=O) groups excluding carboxylic acids is 1. The van der Waals surface area contributed by atoms with Gasteiger partial charge in [0.05, 0.1) is 30.1 Å². The predicted octanol–water partition coefficient (Wildman–Crippen LogP) is 1.42. The van der Waals surface area contributed by atoms with Crippen LogP contribution in [0.25, 0.3) is 0 Å². The van der Waals surface area contributed by atoms with Gasteiger partial charge in [0.2, 0.25) is 0 Å². The van der Waals surface area contributed by atoms with Gasteiger partial charge < -0.3 is 9.47 Å². The molecule has 2 bridgehead atoms. The molecule has 1 aromatic rings. The van der Waals surface area contributed by atoms with Gasteiger partial charge in [0.25, 0.3) is 10.1 Å². The third-order valence-electron chi connectivity index (χ3n) is 5.15. The zero-order valence-corrected chi connectivity index (χ0v) is 13.5. The highest BCUT2D eigenvalue weighted by atomic mass is 32.2. The Labute approximate surface area is 134 Å². The summed E-state index contributed by atoms with van der Waals surface area (Å²) in [7, 11) is -3.87. The fraction of sp³-hybridized carbons (Fsp3) is 0.562. The van der Waals surface area contributed by atoms with Gasteiger partial charge >= 0.3 is 5.97 Å². The first-order valence-electron chi connectivity index (χ1n) is 7.72. The summed E-state index contributed by atoms with van der Waals surface area (Å²) in [6, 6.07) is 6.47. The second-order valence-corrected chi connectivity index (χ2v) is 8.18. The van der Waals surface area contributed by atoms with Crippen LogP contribution in [0.2, 0.25) is 0 Å². The van der Waals surface area contributed by atoms with Gasteiger partial charge in [0, 0.05) is 5.92 Å². The van der Waals surface area contributed by atoms with Gasteiger partial charge in [-0.1, -0.05) is 17.7 Å². The van der Waals surface area contributed by atoms with Crippen molar-refractivity contribution >= 4 is 16.1 Å². The van der Waals surface area contributed by atoms with Crippen LogP contribution in [0.5, 0.6) is 0 Å². The van der Waals surface area contributed by atoms with E-state index >= 15 is 0 Å². The maximum Gasteiger partial charge on any atom is 0.312 e. The van der Waals surface area contributed by atoms with Gasteiger partial charge in [-0.2, -0.15) is 8.42 Å². The molecule has 4 atom stereocenters. The van der Waals surface area contributed by atoms with Crippen LogP contribution in [0.15, 0.2) is 29.2 Å². The number of esters is 1. The SMILES string of the molecule is Cc1ccc(S(=O)(=O)OC[C@@]23CC[C@@H](O2)[C@H]2COC(=O)[C@H]23)cc1. The standard InChI is InChI=1S/C16H18O6S/c1-10-2-4-11(5-3-10)23(18,19)21-9-16-7-6-13(22-16)12-8-20-15(17)14(12)16/h2-5,12-14H,6-9H2,1H3/t12-,13-,14+,16-/m1/s1. The van der Waals surface area contributed by atoms with Gasteiger partial charge in [-0.05, 0) is 31.9 Å². The van der Waals surface area contributed by atoms with Crippen molar-refractivity contribution in [2.24, 2.45) is 11.8 Å². The summed E-state index contributed by atoms with van der Waals surface area (Å²) in [5.41, 5.74) is 0.109. The van der Waals surface area contributed by atoms with Crippen molar-refractivity contribution < 1.29 is 26.9 Å². The number of carbonyl (C=O) groups is 1. The molecule has 0 amide bonds. The number of rotatable bonds is 4. The van der Waals surface area contributed by atoms with E-state index < -0.39 is 21.6 Å². The normalized spacial score (nSPS) is 35.3. The lowest BCUT2D eigenvalue weighted by Crippen LogP contribution is -2.44. The van der Waals surface area contributed by atoms with Crippen molar-refractivity contribution in [2.45, 2.75) is 36.4 Å². The Bertz CT molecular complexity index is 740. The maximum atomic E-state index is 12.4. The van der Waals surface area contributed by atoms with Crippen LogP contribution in [0.1, 0.15) is 18.4 Å². The van der Waals surface area contributed by atoms with Crippen molar-refractivity contribution in [1.82, 2.24) is 0 Å². The smallest absolute Gasteiger partial charge is 0.312 e. The number of benzene rings is 1. The molecule has 23 heavy (non-hydrogen) atoms. The lowest BCUT2D eigenvalue weighted by atomic mass is 9.73. The zero-order valence-electron chi connectivity index (χ0n) is 12.7. The Morgan fingerprint density at radius 3 is 2.78 bits per heavy atom. The summed E-state index contributed by atoms with van der Waals surface area (Å²) in [5, 5.41) is 0. The number of ether oxygens (including phenoxy) is 2. The molecular formula is C16H18O6S. The second-order valence-electron chi connectivity index (χ2n) is 6.56. The fourth-order valence-corrected chi connectivity index (χ4v) is 4.91. The van der Waals surface area contributed by atoms with Gasteiger partial charge in [-0.15, -0.1) is 0 Å². The molecule has 0 unspecified atom stereocenters. The summed E-state index contributed by atoms with van der Waals surface area (Å²) < 4.78 is 41.0. The Morgan fingerprint density at radius 2 is 2.04 bits per heavy atom. The largest absolute Gasteiger partial charge is 0.465 e. The van der Waals surface area contributed by atoms with Crippen LogP contribution in [0.3, 0.4) is 0 Å². The minimum atomic E-state index is -3.87. The van der Waals surface area contributed by atoms with Gasteiger partial charge in [0.15, 0.2) is 0 Å². The first-order chi connectivity index (χ1) is 10.9. The highest BCUT2D eigenvalue weighted by Gasteiger charge is 2.65. The quantitative estimate of drug-likeness (QED) is 0.610. The highest BCUT2D eigenvalue weighted by molar-refractivity contribution is 7.86. The molecule has 6 nitrogen and oxygen atoms in total. The van der Waals surface area contributed by atoms with Crippen LogP contribution in [0, 0.1) is 18.8 Å². The number of cyclic esters (lactones) is 1. The van der Waals surface area contributed by atoms with E-state index in [0.29, 0.717) is 13.0 Å². The minimum Gasteiger partial charge on any atom is -0.465 e. The summed E-state index contributed by atoms with van der Waals surface area (Å²) in [6.07, 6.45) is 1.40. The minimum absolute atomic E-state index is 0.0296. The lowest BCUT2D eigenvalue weighted by Gasteiger charge is -2.29. The molecule has 0 aliphatic carbocycles. The molecule has 3 saturated heterocycles. The monoisotopic (exact) mass is 338 g/mol. The number of fused-ring (bicyclic) bond motifs is 5. The number of hydrogen-bond acceptors (Lipinski definition) is 6. The van der Waals surface area contributed by atoms with E-state index in [9.17, 15) is 13.2 Å². The summed E-state index contributed by atoms with van der Waals surface area (Å²) in [4.78, 5) is 12.1. The molecule has 3 heterocycles. The molecule has 124 valence electrons. The Kier molecular flexibility index (Phi) is 3.30. The second kappa shape index (κ2) is 5.03. The Morgan fingerprint density at radius 1 is 1.30 bits per heavy atom.